The lowest BCUT2D eigenvalue weighted by Gasteiger charge is -2.36. The third kappa shape index (κ3) is 2.80. The van der Waals surface area contributed by atoms with Crippen LogP contribution in [0.3, 0.4) is 0 Å². The summed E-state index contributed by atoms with van der Waals surface area (Å²) in [6.45, 7) is 9.03. The Balaban J connectivity index is 2.37. The fourth-order valence-corrected chi connectivity index (χ4v) is 1.88. The molecule has 0 aromatic heterocycles. The molecule has 0 aromatic rings. The summed E-state index contributed by atoms with van der Waals surface area (Å²) in [6.07, 6.45) is 2.61. The molecule has 0 amide bonds. The molecule has 2 N–H and O–H groups in total. The molecule has 2 heteroatoms. The Hall–Kier alpha value is -0.0800. The van der Waals surface area contributed by atoms with Gasteiger partial charge in [-0.15, -0.1) is 0 Å². The normalized spacial score (nSPS) is 32.7. The topological polar surface area (TPSA) is 24.1 Å². The Morgan fingerprint density at radius 2 is 2.18 bits per heavy atom. The van der Waals surface area contributed by atoms with Gasteiger partial charge in [-0.2, -0.15) is 0 Å². The van der Waals surface area contributed by atoms with Crippen molar-refractivity contribution in [1.82, 2.24) is 10.6 Å². The summed E-state index contributed by atoms with van der Waals surface area (Å²) < 4.78 is 0. The van der Waals surface area contributed by atoms with Crippen LogP contribution in [0.25, 0.3) is 0 Å². The van der Waals surface area contributed by atoms with Gasteiger partial charge in [-0.3, -0.25) is 0 Å². The fraction of sp³-hybridized carbons (Fsp3) is 1.00. The molecule has 1 unspecified atom stereocenters. The number of hydrogen-bond acceptors (Lipinski definition) is 2. The SMILES string of the molecule is CC(C)NC1(C)CCCNC1. The largest absolute Gasteiger partial charge is 0.315 e. The van der Waals surface area contributed by atoms with E-state index in [1.54, 1.807) is 0 Å². The summed E-state index contributed by atoms with van der Waals surface area (Å²) in [7, 11) is 0. The molecule has 1 aliphatic rings. The molecule has 0 spiro atoms. The second-order valence-electron chi connectivity index (χ2n) is 4.14. The van der Waals surface area contributed by atoms with E-state index in [1.807, 2.05) is 0 Å². The lowest BCUT2D eigenvalue weighted by Crippen LogP contribution is -2.55. The summed E-state index contributed by atoms with van der Waals surface area (Å²) in [5.41, 5.74) is 0.340. The molecule has 1 rings (SSSR count). The van der Waals surface area contributed by atoms with Gasteiger partial charge in [0.25, 0.3) is 0 Å². The van der Waals surface area contributed by atoms with Crippen LogP contribution in [0.4, 0.5) is 0 Å². The summed E-state index contributed by atoms with van der Waals surface area (Å²) in [6, 6.07) is 0.597. The molecule has 0 radical (unpaired) electrons. The van der Waals surface area contributed by atoms with Crippen LogP contribution in [0, 0.1) is 0 Å². The Morgan fingerprint density at radius 3 is 2.64 bits per heavy atom. The maximum Gasteiger partial charge on any atom is 0.0280 e. The first-order valence-corrected chi connectivity index (χ1v) is 4.61. The minimum absolute atomic E-state index is 0.340. The predicted octanol–water partition coefficient (Wildman–Crippen LogP) is 1.13. The predicted molar refractivity (Wildman–Crippen MR) is 48.8 cm³/mol. The molecule has 0 aromatic carbocycles. The van der Waals surface area contributed by atoms with Gasteiger partial charge in [0.05, 0.1) is 0 Å². The molecule has 0 saturated carbocycles. The van der Waals surface area contributed by atoms with Crippen molar-refractivity contribution >= 4 is 0 Å². The second kappa shape index (κ2) is 3.55. The lowest BCUT2D eigenvalue weighted by atomic mass is 9.92. The minimum Gasteiger partial charge on any atom is -0.315 e. The Labute approximate surface area is 69.8 Å². The van der Waals surface area contributed by atoms with Gasteiger partial charge in [0, 0.05) is 18.1 Å². The van der Waals surface area contributed by atoms with E-state index in [-0.39, 0.29) is 0 Å². The fourth-order valence-electron chi connectivity index (χ4n) is 1.88. The highest BCUT2D eigenvalue weighted by atomic mass is 15.1. The molecule has 1 heterocycles. The Morgan fingerprint density at radius 1 is 1.45 bits per heavy atom. The Bertz CT molecular complexity index is 115. The highest BCUT2D eigenvalue weighted by Gasteiger charge is 2.26. The monoisotopic (exact) mass is 156 g/mol. The smallest absolute Gasteiger partial charge is 0.0280 e. The summed E-state index contributed by atoms with van der Waals surface area (Å²) >= 11 is 0. The molecule has 2 nitrogen and oxygen atoms in total. The van der Waals surface area contributed by atoms with E-state index in [4.69, 9.17) is 0 Å². The molecular formula is C9H20N2. The summed E-state index contributed by atoms with van der Waals surface area (Å²) in [5.74, 6) is 0. The number of nitrogens with one attached hydrogen (secondary N) is 2. The van der Waals surface area contributed by atoms with Gasteiger partial charge < -0.3 is 10.6 Å². The van der Waals surface area contributed by atoms with Gasteiger partial charge in [0.2, 0.25) is 0 Å². The van der Waals surface area contributed by atoms with Crippen LogP contribution in [0.1, 0.15) is 33.6 Å². The average Bonchev–Trinajstić information content (AvgIpc) is 1.85. The number of piperidine rings is 1. The van der Waals surface area contributed by atoms with Crippen molar-refractivity contribution in [2.45, 2.75) is 45.2 Å². The van der Waals surface area contributed by atoms with Gasteiger partial charge >= 0.3 is 0 Å². The van der Waals surface area contributed by atoms with Crippen molar-refractivity contribution in [2.24, 2.45) is 0 Å². The Kier molecular flexibility index (Phi) is 2.90. The standard InChI is InChI=1S/C9H20N2/c1-8(2)11-9(3)5-4-6-10-7-9/h8,10-11H,4-7H2,1-3H3. The number of rotatable bonds is 2. The second-order valence-corrected chi connectivity index (χ2v) is 4.14. The van der Waals surface area contributed by atoms with Crippen LogP contribution < -0.4 is 10.6 Å². The molecule has 0 bridgehead atoms. The van der Waals surface area contributed by atoms with Crippen LogP contribution in [0.2, 0.25) is 0 Å². The maximum atomic E-state index is 3.60. The molecule has 1 aliphatic heterocycles. The zero-order valence-electron chi connectivity index (χ0n) is 7.91. The summed E-state index contributed by atoms with van der Waals surface area (Å²) in [4.78, 5) is 0. The molecule has 1 atom stereocenters. The minimum atomic E-state index is 0.340. The first kappa shape index (κ1) is 9.01. The van der Waals surface area contributed by atoms with Crippen LogP contribution in [-0.2, 0) is 0 Å². The number of hydrogen-bond donors (Lipinski definition) is 2. The van der Waals surface area contributed by atoms with E-state index in [0.29, 0.717) is 11.6 Å². The van der Waals surface area contributed by atoms with E-state index in [0.717, 1.165) is 6.54 Å². The van der Waals surface area contributed by atoms with Gasteiger partial charge in [-0.25, -0.2) is 0 Å². The first-order chi connectivity index (χ1) is 5.12. The van der Waals surface area contributed by atoms with E-state index in [1.165, 1.54) is 19.4 Å². The molecular weight excluding hydrogens is 136 g/mol. The van der Waals surface area contributed by atoms with Crippen LogP contribution in [0.5, 0.6) is 0 Å². The van der Waals surface area contributed by atoms with Crippen molar-refractivity contribution in [3.8, 4) is 0 Å². The molecule has 1 fully saturated rings. The zero-order valence-corrected chi connectivity index (χ0v) is 7.91. The quantitative estimate of drug-likeness (QED) is 0.626. The van der Waals surface area contributed by atoms with Crippen molar-refractivity contribution < 1.29 is 0 Å². The van der Waals surface area contributed by atoms with Gasteiger partial charge in [0.1, 0.15) is 0 Å². The molecule has 11 heavy (non-hydrogen) atoms. The van der Waals surface area contributed by atoms with Gasteiger partial charge in [-0.1, -0.05) is 13.8 Å². The average molecular weight is 156 g/mol. The van der Waals surface area contributed by atoms with Crippen LogP contribution in [0.15, 0.2) is 0 Å². The lowest BCUT2D eigenvalue weighted by molar-refractivity contribution is 0.254. The van der Waals surface area contributed by atoms with E-state index in [2.05, 4.69) is 31.4 Å². The molecule has 1 saturated heterocycles. The third-order valence-corrected chi connectivity index (χ3v) is 2.23. The van der Waals surface area contributed by atoms with Crippen molar-refractivity contribution in [3.63, 3.8) is 0 Å². The molecule has 0 aliphatic carbocycles. The van der Waals surface area contributed by atoms with Crippen molar-refractivity contribution in [3.05, 3.63) is 0 Å². The van der Waals surface area contributed by atoms with Gasteiger partial charge in [0.15, 0.2) is 0 Å². The highest BCUT2D eigenvalue weighted by molar-refractivity contribution is 4.89. The van der Waals surface area contributed by atoms with Crippen molar-refractivity contribution in [1.29, 1.82) is 0 Å². The zero-order chi connectivity index (χ0) is 8.32. The summed E-state index contributed by atoms with van der Waals surface area (Å²) in [5, 5.41) is 7.01. The highest BCUT2D eigenvalue weighted by Crippen LogP contribution is 2.15. The third-order valence-electron chi connectivity index (χ3n) is 2.23. The van der Waals surface area contributed by atoms with Gasteiger partial charge in [-0.05, 0) is 26.3 Å². The molecule has 66 valence electrons. The van der Waals surface area contributed by atoms with E-state index >= 15 is 0 Å². The van der Waals surface area contributed by atoms with Crippen LogP contribution in [-0.4, -0.2) is 24.7 Å². The first-order valence-electron chi connectivity index (χ1n) is 4.61. The van der Waals surface area contributed by atoms with Crippen LogP contribution >= 0.6 is 0 Å². The maximum absolute atomic E-state index is 3.60. The van der Waals surface area contributed by atoms with E-state index < -0.39 is 0 Å². The van der Waals surface area contributed by atoms with Crippen molar-refractivity contribution in [2.75, 3.05) is 13.1 Å². The van der Waals surface area contributed by atoms with E-state index in [9.17, 15) is 0 Å².